The fraction of sp³-hybridized carbons (Fsp3) is 0.100. The number of carbonyl (C=O) groups excluding carboxylic acids is 1. The minimum absolute atomic E-state index is 0.285. The predicted molar refractivity (Wildman–Crippen MR) is 103 cm³/mol. The van der Waals surface area contributed by atoms with Crippen molar-refractivity contribution in [3.8, 4) is 0 Å². The summed E-state index contributed by atoms with van der Waals surface area (Å²) in [6.07, 6.45) is 3.01. The Morgan fingerprint density at radius 2 is 1.73 bits per heavy atom. The third-order valence-electron chi connectivity index (χ3n) is 3.79. The number of pyridine rings is 1. The predicted octanol–water partition coefficient (Wildman–Crippen LogP) is 4.28. The van der Waals surface area contributed by atoms with Crippen LogP contribution in [0.5, 0.6) is 0 Å². The van der Waals surface area contributed by atoms with Crippen molar-refractivity contribution in [2.24, 2.45) is 0 Å². The van der Waals surface area contributed by atoms with Gasteiger partial charge in [-0.25, -0.2) is 4.39 Å². The van der Waals surface area contributed by atoms with Crippen molar-refractivity contribution in [1.82, 2.24) is 4.98 Å². The second-order valence-electron chi connectivity index (χ2n) is 5.96. The van der Waals surface area contributed by atoms with Crippen LogP contribution in [0.2, 0.25) is 0 Å². The van der Waals surface area contributed by atoms with E-state index in [4.69, 9.17) is 0 Å². The molecule has 0 saturated heterocycles. The number of amides is 1. The molecule has 1 aromatic heterocycles. The van der Waals surface area contributed by atoms with Gasteiger partial charge in [-0.05, 0) is 42.5 Å². The Balaban J connectivity index is 1.73. The molecule has 0 aliphatic carbocycles. The van der Waals surface area contributed by atoms with Crippen molar-refractivity contribution in [3.63, 3.8) is 0 Å². The summed E-state index contributed by atoms with van der Waals surface area (Å²) in [6, 6.07) is 15.5. The first kappa shape index (κ1) is 17.4. The van der Waals surface area contributed by atoms with Crippen molar-refractivity contribution in [1.29, 1.82) is 0 Å². The van der Waals surface area contributed by atoms with Gasteiger partial charge in [-0.2, -0.15) is 0 Å². The van der Waals surface area contributed by atoms with Crippen LogP contribution < -0.4 is 15.5 Å². The van der Waals surface area contributed by atoms with Gasteiger partial charge in [-0.15, -0.1) is 0 Å². The number of hydrogen-bond acceptors (Lipinski definition) is 4. The number of halogens is 1. The number of rotatable bonds is 5. The van der Waals surface area contributed by atoms with Crippen LogP contribution in [0.15, 0.2) is 67.0 Å². The molecule has 0 fully saturated rings. The fourth-order valence-electron chi connectivity index (χ4n) is 2.40. The molecule has 1 heterocycles. The van der Waals surface area contributed by atoms with E-state index in [1.54, 1.807) is 24.3 Å². The summed E-state index contributed by atoms with van der Waals surface area (Å²) in [5.41, 5.74) is 2.97. The molecule has 0 saturated carbocycles. The molecule has 0 radical (unpaired) electrons. The summed E-state index contributed by atoms with van der Waals surface area (Å²) in [6.45, 7) is 0. The fourth-order valence-corrected chi connectivity index (χ4v) is 2.40. The van der Waals surface area contributed by atoms with Crippen LogP contribution in [0.1, 0.15) is 10.4 Å². The molecule has 2 N–H and O–H groups in total. The lowest BCUT2D eigenvalue weighted by Gasteiger charge is -2.13. The third-order valence-corrected chi connectivity index (χ3v) is 3.79. The Morgan fingerprint density at radius 3 is 2.42 bits per heavy atom. The second-order valence-corrected chi connectivity index (χ2v) is 5.96. The van der Waals surface area contributed by atoms with Crippen molar-refractivity contribution >= 4 is 28.7 Å². The van der Waals surface area contributed by atoms with Gasteiger partial charge in [0.2, 0.25) is 0 Å². The summed E-state index contributed by atoms with van der Waals surface area (Å²) in [4.78, 5) is 18.5. The lowest BCUT2D eigenvalue weighted by molar-refractivity contribution is 0.102. The molecule has 0 atom stereocenters. The number of anilines is 4. The van der Waals surface area contributed by atoms with Gasteiger partial charge >= 0.3 is 0 Å². The molecule has 0 unspecified atom stereocenters. The molecule has 3 aromatic rings. The van der Waals surface area contributed by atoms with Crippen LogP contribution >= 0.6 is 0 Å². The molecule has 6 heteroatoms. The summed E-state index contributed by atoms with van der Waals surface area (Å²) < 4.78 is 13.7. The first-order valence-electron chi connectivity index (χ1n) is 8.08. The highest BCUT2D eigenvalue weighted by Gasteiger charge is 2.09. The zero-order valence-corrected chi connectivity index (χ0v) is 14.5. The number of nitrogens with zero attached hydrogens (tertiary/aromatic N) is 2. The summed E-state index contributed by atoms with van der Waals surface area (Å²) in [5, 5.41) is 5.76. The molecule has 26 heavy (non-hydrogen) atoms. The highest BCUT2D eigenvalue weighted by molar-refractivity contribution is 6.04. The molecular formula is C20H19FN4O. The second kappa shape index (κ2) is 7.65. The monoisotopic (exact) mass is 350 g/mol. The van der Waals surface area contributed by atoms with Crippen molar-refractivity contribution in [2.75, 3.05) is 29.6 Å². The SMILES string of the molecule is CN(C)c1ccc(NC(=O)c2cncc(Nc3ccccc3F)c2)cc1. The van der Waals surface area contributed by atoms with E-state index in [0.29, 0.717) is 22.6 Å². The molecule has 5 nitrogen and oxygen atoms in total. The molecule has 0 spiro atoms. The standard InChI is InChI=1S/C20H19FN4O/c1-25(2)17-9-7-15(8-10-17)24-20(26)14-11-16(13-22-12-14)23-19-6-4-3-5-18(19)21/h3-13,23H,1-2H3,(H,24,26). The van der Waals surface area contributed by atoms with E-state index in [1.165, 1.54) is 18.5 Å². The Kier molecular flexibility index (Phi) is 5.12. The number of nitrogens with one attached hydrogen (secondary N) is 2. The van der Waals surface area contributed by atoms with Gasteiger partial charge in [-0.3, -0.25) is 9.78 Å². The Labute approximate surface area is 151 Å². The number of hydrogen-bond donors (Lipinski definition) is 2. The lowest BCUT2D eigenvalue weighted by Crippen LogP contribution is -2.13. The maximum Gasteiger partial charge on any atom is 0.257 e. The highest BCUT2D eigenvalue weighted by Crippen LogP contribution is 2.20. The van der Waals surface area contributed by atoms with Crippen LogP contribution in [0.4, 0.5) is 27.1 Å². The van der Waals surface area contributed by atoms with Crippen LogP contribution in [0, 0.1) is 5.82 Å². The van der Waals surface area contributed by atoms with E-state index in [1.807, 2.05) is 43.3 Å². The van der Waals surface area contributed by atoms with E-state index in [0.717, 1.165) is 5.69 Å². The largest absolute Gasteiger partial charge is 0.378 e. The van der Waals surface area contributed by atoms with Gasteiger partial charge in [0.05, 0.1) is 23.1 Å². The zero-order valence-electron chi connectivity index (χ0n) is 14.5. The van der Waals surface area contributed by atoms with Crippen molar-refractivity contribution in [2.45, 2.75) is 0 Å². The van der Waals surface area contributed by atoms with Crippen LogP contribution in [0.25, 0.3) is 0 Å². The smallest absolute Gasteiger partial charge is 0.257 e. The Morgan fingerprint density at radius 1 is 1.00 bits per heavy atom. The molecular weight excluding hydrogens is 331 g/mol. The molecule has 1 amide bonds. The molecule has 0 bridgehead atoms. The molecule has 0 aliphatic rings. The van der Waals surface area contributed by atoms with Crippen molar-refractivity contribution < 1.29 is 9.18 Å². The van der Waals surface area contributed by atoms with Gasteiger partial charge in [-0.1, -0.05) is 12.1 Å². The van der Waals surface area contributed by atoms with Crippen LogP contribution in [0.3, 0.4) is 0 Å². The Hall–Kier alpha value is -3.41. The summed E-state index contributed by atoms with van der Waals surface area (Å²) >= 11 is 0. The van der Waals surface area contributed by atoms with E-state index in [9.17, 15) is 9.18 Å². The van der Waals surface area contributed by atoms with Gasteiger partial charge in [0, 0.05) is 31.7 Å². The third kappa shape index (κ3) is 4.16. The van der Waals surface area contributed by atoms with E-state index >= 15 is 0 Å². The number of aromatic nitrogens is 1. The summed E-state index contributed by atoms with van der Waals surface area (Å²) in [7, 11) is 3.90. The first-order valence-corrected chi connectivity index (χ1v) is 8.08. The van der Waals surface area contributed by atoms with Crippen LogP contribution in [-0.4, -0.2) is 25.0 Å². The number of para-hydroxylation sites is 1. The van der Waals surface area contributed by atoms with Gasteiger partial charge in [0.15, 0.2) is 0 Å². The quantitative estimate of drug-likeness (QED) is 0.721. The molecule has 0 aliphatic heterocycles. The van der Waals surface area contributed by atoms with Gasteiger partial charge < -0.3 is 15.5 Å². The Bertz CT molecular complexity index is 910. The molecule has 3 rings (SSSR count). The average molecular weight is 350 g/mol. The normalized spacial score (nSPS) is 10.3. The zero-order chi connectivity index (χ0) is 18.5. The minimum Gasteiger partial charge on any atom is -0.378 e. The maximum atomic E-state index is 13.7. The topological polar surface area (TPSA) is 57.3 Å². The average Bonchev–Trinajstić information content (AvgIpc) is 2.64. The number of benzene rings is 2. The first-order chi connectivity index (χ1) is 12.5. The maximum absolute atomic E-state index is 13.7. The van der Waals surface area contributed by atoms with Crippen molar-refractivity contribution in [3.05, 3.63) is 78.4 Å². The summed E-state index contributed by atoms with van der Waals surface area (Å²) in [5.74, 6) is -0.657. The van der Waals surface area contributed by atoms with E-state index in [2.05, 4.69) is 15.6 Å². The van der Waals surface area contributed by atoms with E-state index in [-0.39, 0.29) is 11.7 Å². The van der Waals surface area contributed by atoms with Gasteiger partial charge in [0.1, 0.15) is 5.82 Å². The van der Waals surface area contributed by atoms with Gasteiger partial charge in [0.25, 0.3) is 5.91 Å². The minimum atomic E-state index is -0.372. The molecule has 2 aromatic carbocycles. The molecule has 132 valence electrons. The highest BCUT2D eigenvalue weighted by atomic mass is 19.1. The number of carbonyl (C=O) groups is 1. The lowest BCUT2D eigenvalue weighted by atomic mass is 10.2. The van der Waals surface area contributed by atoms with Crippen LogP contribution in [-0.2, 0) is 0 Å². The van der Waals surface area contributed by atoms with E-state index < -0.39 is 0 Å².